The molecule has 0 N–H and O–H groups in total. The van der Waals surface area contributed by atoms with Crippen LogP contribution in [0.2, 0.25) is 0 Å². The zero-order valence-electron chi connectivity index (χ0n) is 10.1. The van der Waals surface area contributed by atoms with Gasteiger partial charge in [-0.1, -0.05) is 32.0 Å². The number of hydrogen-bond donors (Lipinski definition) is 0. The molecule has 0 spiro atoms. The van der Waals surface area contributed by atoms with Crippen LogP contribution in [0.25, 0.3) is 0 Å². The number of benzene rings is 1. The van der Waals surface area contributed by atoms with Gasteiger partial charge in [-0.2, -0.15) is 8.78 Å². The Morgan fingerprint density at radius 1 is 1.28 bits per heavy atom. The molecule has 5 heteroatoms. The first kappa shape index (κ1) is 14.7. The highest BCUT2D eigenvalue weighted by Crippen LogP contribution is 2.27. The molecule has 0 fully saturated rings. The maximum atomic E-state index is 12.9. The Bertz CT molecular complexity index is 427. The van der Waals surface area contributed by atoms with Crippen molar-refractivity contribution < 1.29 is 22.4 Å². The Morgan fingerprint density at radius 2 is 1.89 bits per heavy atom. The van der Waals surface area contributed by atoms with Gasteiger partial charge in [-0.15, -0.1) is 0 Å². The smallest absolute Gasteiger partial charge is 0.287 e. The van der Waals surface area contributed by atoms with E-state index in [1.807, 2.05) is 13.8 Å². The molecule has 0 heterocycles. The summed E-state index contributed by atoms with van der Waals surface area (Å²) in [6.07, 6.45) is -3.39. The molecule has 100 valence electrons. The van der Waals surface area contributed by atoms with Gasteiger partial charge in [0.15, 0.2) is 0 Å². The third kappa shape index (κ3) is 3.31. The molecular weight excluding hydrogens is 248 g/mol. The Balaban J connectivity index is 3.00. The van der Waals surface area contributed by atoms with Gasteiger partial charge in [-0.05, 0) is 24.0 Å². The zero-order valence-corrected chi connectivity index (χ0v) is 10.1. The van der Waals surface area contributed by atoms with Crippen LogP contribution in [0.4, 0.5) is 17.6 Å². The molecule has 0 amide bonds. The van der Waals surface area contributed by atoms with Crippen LogP contribution in [0.1, 0.15) is 29.8 Å². The van der Waals surface area contributed by atoms with E-state index in [9.17, 15) is 22.4 Å². The quantitative estimate of drug-likeness (QED) is 0.579. The Morgan fingerprint density at radius 3 is 2.39 bits per heavy atom. The molecule has 1 aromatic carbocycles. The summed E-state index contributed by atoms with van der Waals surface area (Å²) in [5, 5.41) is 0. The van der Waals surface area contributed by atoms with E-state index in [0.717, 1.165) is 6.07 Å². The van der Waals surface area contributed by atoms with Gasteiger partial charge in [0.05, 0.1) is 0 Å². The van der Waals surface area contributed by atoms with Crippen molar-refractivity contribution in [1.82, 2.24) is 0 Å². The second-order valence-corrected chi connectivity index (χ2v) is 4.55. The highest BCUT2D eigenvalue weighted by molar-refractivity contribution is 6.01. The van der Waals surface area contributed by atoms with E-state index in [0.29, 0.717) is 12.0 Å². The Hall–Kier alpha value is -1.39. The van der Waals surface area contributed by atoms with E-state index in [4.69, 9.17) is 0 Å². The van der Waals surface area contributed by atoms with Crippen LogP contribution in [-0.4, -0.2) is 18.1 Å². The largest absolute Gasteiger partial charge is 0.368 e. The van der Waals surface area contributed by atoms with Crippen LogP contribution < -0.4 is 0 Å². The summed E-state index contributed by atoms with van der Waals surface area (Å²) >= 11 is 0. The average Bonchev–Trinajstić information content (AvgIpc) is 2.27. The number of ketones is 1. The van der Waals surface area contributed by atoms with E-state index in [2.05, 4.69) is 0 Å². The summed E-state index contributed by atoms with van der Waals surface area (Å²) in [6, 6.07) is 5.48. The molecule has 0 aliphatic carbocycles. The van der Waals surface area contributed by atoms with Crippen molar-refractivity contribution in [2.24, 2.45) is 5.92 Å². The van der Waals surface area contributed by atoms with E-state index in [1.165, 1.54) is 12.1 Å². The number of Topliss-reactive ketones (excluding diaryl/α,β-unsaturated/α-hetero) is 1. The Kier molecular flexibility index (Phi) is 4.48. The van der Waals surface area contributed by atoms with Gasteiger partial charge in [0.2, 0.25) is 5.78 Å². The van der Waals surface area contributed by atoms with E-state index < -0.39 is 18.1 Å². The van der Waals surface area contributed by atoms with Gasteiger partial charge in [-0.25, -0.2) is 8.78 Å². The number of rotatable bonds is 5. The second-order valence-electron chi connectivity index (χ2n) is 4.55. The average molecular weight is 262 g/mol. The first-order valence-corrected chi connectivity index (χ1v) is 5.55. The molecular formula is C13H14F4O. The van der Waals surface area contributed by atoms with E-state index in [1.54, 1.807) is 6.07 Å². The van der Waals surface area contributed by atoms with Gasteiger partial charge in [-0.3, -0.25) is 4.79 Å². The van der Waals surface area contributed by atoms with Crippen molar-refractivity contribution in [2.75, 3.05) is 0 Å². The third-order valence-electron chi connectivity index (χ3n) is 2.41. The predicted octanol–water partition coefficient (Wildman–Crippen LogP) is 3.97. The molecule has 0 bridgehead atoms. The minimum atomic E-state index is -4.63. The maximum Gasteiger partial charge on any atom is 0.368 e. The molecule has 1 aromatic rings. The minimum absolute atomic E-state index is 0.283. The highest BCUT2D eigenvalue weighted by atomic mass is 19.3. The lowest BCUT2D eigenvalue weighted by Gasteiger charge is -2.14. The summed E-state index contributed by atoms with van der Waals surface area (Å²) in [7, 11) is 0. The number of halogens is 4. The van der Waals surface area contributed by atoms with Crippen molar-refractivity contribution >= 4 is 5.78 Å². The first-order valence-electron chi connectivity index (χ1n) is 5.55. The van der Waals surface area contributed by atoms with E-state index in [-0.39, 0.29) is 11.5 Å². The standard InChI is InChI=1S/C13H14F4O/c1-8(2)6-9-4-3-5-10(7-9)11(18)13(16,17)12(14)15/h3-5,7-8,12H,6H2,1-2H3. The minimum Gasteiger partial charge on any atom is -0.287 e. The number of carbonyl (C=O) groups is 1. The van der Waals surface area contributed by atoms with Crippen LogP contribution in [0, 0.1) is 5.92 Å². The topological polar surface area (TPSA) is 17.1 Å². The number of hydrogen-bond acceptors (Lipinski definition) is 1. The molecule has 0 radical (unpaired) electrons. The maximum absolute atomic E-state index is 12.9. The monoisotopic (exact) mass is 262 g/mol. The lowest BCUT2D eigenvalue weighted by molar-refractivity contribution is -0.0958. The third-order valence-corrected chi connectivity index (χ3v) is 2.41. The summed E-state index contributed by atoms with van der Waals surface area (Å²) in [5.74, 6) is -6.18. The molecule has 18 heavy (non-hydrogen) atoms. The molecule has 1 nitrogen and oxygen atoms in total. The fourth-order valence-electron chi connectivity index (χ4n) is 1.60. The molecule has 0 atom stereocenters. The predicted molar refractivity (Wildman–Crippen MR) is 60.3 cm³/mol. The van der Waals surface area contributed by atoms with Gasteiger partial charge in [0.1, 0.15) is 0 Å². The van der Waals surface area contributed by atoms with Crippen molar-refractivity contribution in [1.29, 1.82) is 0 Å². The summed E-state index contributed by atoms with van der Waals surface area (Å²) in [4.78, 5) is 11.3. The van der Waals surface area contributed by atoms with Crippen molar-refractivity contribution in [3.63, 3.8) is 0 Å². The Labute approximate surface area is 103 Å². The fourth-order valence-corrected chi connectivity index (χ4v) is 1.60. The van der Waals surface area contributed by atoms with Gasteiger partial charge in [0, 0.05) is 5.56 Å². The van der Waals surface area contributed by atoms with Crippen LogP contribution in [0.15, 0.2) is 24.3 Å². The number of carbonyl (C=O) groups excluding carboxylic acids is 1. The van der Waals surface area contributed by atoms with Crippen molar-refractivity contribution in [3.8, 4) is 0 Å². The molecule has 0 aromatic heterocycles. The second kappa shape index (κ2) is 5.50. The highest BCUT2D eigenvalue weighted by Gasteiger charge is 2.48. The first-order chi connectivity index (χ1) is 8.25. The SMILES string of the molecule is CC(C)Cc1cccc(C(=O)C(F)(F)C(F)F)c1. The molecule has 0 saturated carbocycles. The molecule has 1 rings (SSSR count). The molecule has 0 aliphatic heterocycles. The van der Waals surface area contributed by atoms with E-state index >= 15 is 0 Å². The molecule has 0 aliphatic rings. The summed E-state index contributed by atoms with van der Waals surface area (Å²) < 4.78 is 50.0. The lowest BCUT2D eigenvalue weighted by atomic mass is 9.98. The summed E-state index contributed by atoms with van der Waals surface area (Å²) in [5.41, 5.74) is 0.305. The van der Waals surface area contributed by atoms with Gasteiger partial charge >= 0.3 is 12.3 Å². The lowest BCUT2D eigenvalue weighted by Crippen LogP contribution is -2.36. The van der Waals surface area contributed by atoms with Crippen LogP contribution in [0.5, 0.6) is 0 Å². The normalized spacial score (nSPS) is 12.2. The fraction of sp³-hybridized carbons (Fsp3) is 0.462. The van der Waals surface area contributed by atoms with Gasteiger partial charge < -0.3 is 0 Å². The van der Waals surface area contributed by atoms with Crippen LogP contribution >= 0.6 is 0 Å². The van der Waals surface area contributed by atoms with Crippen LogP contribution in [-0.2, 0) is 6.42 Å². The summed E-state index contributed by atoms with van der Waals surface area (Å²) in [6.45, 7) is 3.87. The van der Waals surface area contributed by atoms with Crippen LogP contribution in [0.3, 0.4) is 0 Å². The van der Waals surface area contributed by atoms with Crippen molar-refractivity contribution in [3.05, 3.63) is 35.4 Å². The van der Waals surface area contributed by atoms with Crippen molar-refractivity contribution in [2.45, 2.75) is 32.6 Å². The van der Waals surface area contributed by atoms with Gasteiger partial charge in [0.25, 0.3) is 0 Å². The number of alkyl halides is 4. The molecule has 0 unspecified atom stereocenters. The molecule has 0 saturated heterocycles. The zero-order chi connectivity index (χ0) is 13.9.